The molecule has 2 rings (SSSR count). The number of benzene rings is 1. The fraction of sp³-hybridized carbons (Fsp3) is 0.100. The first kappa shape index (κ1) is 8.01. The van der Waals surface area contributed by atoms with Crippen LogP contribution in [0.3, 0.4) is 0 Å². The Kier molecular flexibility index (Phi) is 1.87. The lowest BCUT2D eigenvalue weighted by molar-refractivity contribution is 0.389. The van der Waals surface area contributed by atoms with E-state index in [1.54, 1.807) is 6.20 Å². The Hall–Kier alpha value is -1.61. The van der Waals surface area contributed by atoms with Crippen LogP contribution in [0.1, 0.15) is 5.56 Å². The number of pyridine rings is 1. The highest BCUT2D eigenvalue weighted by molar-refractivity contribution is 5.92. The van der Waals surface area contributed by atoms with E-state index in [1.807, 2.05) is 31.2 Å². The van der Waals surface area contributed by atoms with Gasteiger partial charge in [-0.3, -0.25) is 15.7 Å². The second-order valence-corrected chi connectivity index (χ2v) is 2.95. The van der Waals surface area contributed by atoms with E-state index in [2.05, 4.69) is 10.5 Å². The molecule has 0 aliphatic carbocycles. The highest BCUT2D eigenvalue weighted by Gasteiger charge is 2.02. The van der Waals surface area contributed by atoms with E-state index < -0.39 is 0 Å². The van der Waals surface area contributed by atoms with Gasteiger partial charge in [-0.05, 0) is 18.6 Å². The molecule has 0 atom stereocenters. The van der Waals surface area contributed by atoms with E-state index in [0.717, 1.165) is 22.2 Å². The second-order valence-electron chi connectivity index (χ2n) is 2.95. The van der Waals surface area contributed by atoms with Crippen LogP contribution in [-0.2, 0) is 0 Å². The standard InChI is InChI=1S/C10H10N2O/c1-7-6-11-9-5-3-2-4-8(9)10(7)12-13/h2-6,13H,1H3,(H,11,12). The van der Waals surface area contributed by atoms with Gasteiger partial charge in [0, 0.05) is 11.6 Å². The molecule has 3 nitrogen and oxygen atoms in total. The van der Waals surface area contributed by atoms with Gasteiger partial charge in [-0.1, -0.05) is 18.2 Å². The molecule has 0 aliphatic rings. The smallest absolute Gasteiger partial charge is 0.0740 e. The topological polar surface area (TPSA) is 45.2 Å². The summed E-state index contributed by atoms with van der Waals surface area (Å²) in [5, 5.41) is 9.87. The molecule has 1 heterocycles. The zero-order chi connectivity index (χ0) is 9.26. The van der Waals surface area contributed by atoms with Crippen molar-refractivity contribution in [3.05, 3.63) is 36.0 Å². The van der Waals surface area contributed by atoms with Crippen molar-refractivity contribution in [3.8, 4) is 0 Å². The Morgan fingerprint density at radius 2 is 2.08 bits per heavy atom. The minimum Gasteiger partial charge on any atom is -0.291 e. The minimum absolute atomic E-state index is 0.727. The Labute approximate surface area is 76.0 Å². The molecule has 0 fully saturated rings. The van der Waals surface area contributed by atoms with E-state index >= 15 is 0 Å². The third-order valence-electron chi connectivity index (χ3n) is 2.08. The molecule has 66 valence electrons. The molecule has 2 N–H and O–H groups in total. The summed E-state index contributed by atoms with van der Waals surface area (Å²) in [6.07, 6.45) is 1.74. The van der Waals surface area contributed by atoms with Crippen LogP contribution in [0.5, 0.6) is 0 Å². The lowest BCUT2D eigenvalue weighted by Gasteiger charge is -2.06. The fourth-order valence-corrected chi connectivity index (χ4v) is 1.39. The van der Waals surface area contributed by atoms with Gasteiger partial charge in [-0.2, -0.15) is 0 Å². The summed E-state index contributed by atoms with van der Waals surface area (Å²) in [6.45, 7) is 1.90. The van der Waals surface area contributed by atoms with E-state index in [1.165, 1.54) is 0 Å². The normalized spacial score (nSPS) is 10.3. The molecule has 0 unspecified atom stereocenters. The van der Waals surface area contributed by atoms with E-state index in [4.69, 9.17) is 5.21 Å². The number of nitrogens with one attached hydrogen (secondary N) is 1. The van der Waals surface area contributed by atoms with Gasteiger partial charge in [-0.15, -0.1) is 0 Å². The average Bonchev–Trinajstić information content (AvgIpc) is 2.18. The molecular formula is C10H10N2O. The van der Waals surface area contributed by atoms with Crippen molar-refractivity contribution in [2.24, 2.45) is 0 Å². The Morgan fingerprint density at radius 3 is 2.85 bits per heavy atom. The van der Waals surface area contributed by atoms with Crippen molar-refractivity contribution >= 4 is 16.6 Å². The summed E-state index contributed by atoms with van der Waals surface area (Å²) in [5.74, 6) is 0. The third-order valence-corrected chi connectivity index (χ3v) is 2.08. The summed E-state index contributed by atoms with van der Waals surface area (Å²) in [6, 6.07) is 7.68. The second kappa shape index (κ2) is 3.03. The van der Waals surface area contributed by atoms with E-state index in [-0.39, 0.29) is 0 Å². The first-order valence-corrected chi connectivity index (χ1v) is 4.07. The average molecular weight is 174 g/mol. The predicted molar refractivity (Wildman–Crippen MR) is 51.9 cm³/mol. The van der Waals surface area contributed by atoms with Crippen LogP contribution in [-0.4, -0.2) is 10.2 Å². The Balaban J connectivity index is 2.84. The molecule has 1 aromatic heterocycles. The minimum atomic E-state index is 0.727. The first-order valence-electron chi connectivity index (χ1n) is 4.07. The van der Waals surface area contributed by atoms with Crippen molar-refractivity contribution in [2.75, 3.05) is 5.48 Å². The van der Waals surface area contributed by atoms with Crippen molar-refractivity contribution in [1.29, 1.82) is 0 Å². The molecule has 0 radical (unpaired) electrons. The molecule has 13 heavy (non-hydrogen) atoms. The van der Waals surface area contributed by atoms with E-state index in [9.17, 15) is 0 Å². The Bertz CT molecular complexity index is 440. The maximum absolute atomic E-state index is 8.94. The summed E-state index contributed by atoms with van der Waals surface area (Å²) < 4.78 is 0. The van der Waals surface area contributed by atoms with Gasteiger partial charge in [0.2, 0.25) is 0 Å². The van der Waals surface area contributed by atoms with Gasteiger partial charge in [0.1, 0.15) is 0 Å². The van der Waals surface area contributed by atoms with Crippen LogP contribution in [0.15, 0.2) is 30.5 Å². The maximum atomic E-state index is 8.94. The summed E-state index contributed by atoms with van der Waals surface area (Å²) >= 11 is 0. The first-order chi connectivity index (χ1) is 6.33. The van der Waals surface area contributed by atoms with Crippen LogP contribution >= 0.6 is 0 Å². The van der Waals surface area contributed by atoms with Gasteiger partial charge in [0.05, 0.1) is 11.2 Å². The lowest BCUT2D eigenvalue weighted by Crippen LogP contribution is -1.95. The van der Waals surface area contributed by atoms with Gasteiger partial charge in [0.15, 0.2) is 0 Å². The van der Waals surface area contributed by atoms with Crippen LogP contribution < -0.4 is 5.48 Å². The molecule has 0 saturated heterocycles. The van der Waals surface area contributed by atoms with Crippen LogP contribution in [0.25, 0.3) is 10.9 Å². The lowest BCUT2D eigenvalue weighted by atomic mass is 10.1. The molecule has 0 amide bonds. The number of aromatic nitrogens is 1. The van der Waals surface area contributed by atoms with Gasteiger partial charge in [-0.25, -0.2) is 0 Å². The van der Waals surface area contributed by atoms with Gasteiger partial charge in [0.25, 0.3) is 0 Å². The molecule has 3 heteroatoms. The zero-order valence-electron chi connectivity index (χ0n) is 7.28. The summed E-state index contributed by atoms with van der Waals surface area (Å²) in [7, 11) is 0. The zero-order valence-corrected chi connectivity index (χ0v) is 7.28. The summed E-state index contributed by atoms with van der Waals surface area (Å²) in [5.41, 5.74) is 4.74. The molecule has 1 aromatic carbocycles. The number of aryl methyl sites for hydroxylation is 1. The highest BCUT2D eigenvalue weighted by Crippen LogP contribution is 2.23. The number of nitrogens with zero attached hydrogens (tertiary/aromatic N) is 1. The number of fused-ring (bicyclic) bond motifs is 1. The van der Waals surface area contributed by atoms with Crippen molar-refractivity contribution in [1.82, 2.24) is 4.98 Å². The van der Waals surface area contributed by atoms with Crippen LogP contribution in [0, 0.1) is 6.92 Å². The highest BCUT2D eigenvalue weighted by atomic mass is 16.5. The number of anilines is 1. The third kappa shape index (κ3) is 1.23. The van der Waals surface area contributed by atoms with Gasteiger partial charge >= 0.3 is 0 Å². The van der Waals surface area contributed by atoms with Crippen LogP contribution in [0.2, 0.25) is 0 Å². The fourth-order valence-electron chi connectivity index (χ4n) is 1.39. The molecule has 0 aliphatic heterocycles. The van der Waals surface area contributed by atoms with E-state index in [0.29, 0.717) is 0 Å². The largest absolute Gasteiger partial charge is 0.291 e. The molecule has 2 aromatic rings. The maximum Gasteiger partial charge on any atom is 0.0740 e. The molecular weight excluding hydrogens is 164 g/mol. The number of para-hydroxylation sites is 1. The quantitative estimate of drug-likeness (QED) is 0.652. The monoisotopic (exact) mass is 174 g/mol. The predicted octanol–water partition coefficient (Wildman–Crippen LogP) is 2.34. The van der Waals surface area contributed by atoms with Crippen molar-refractivity contribution < 1.29 is 5.21 Å². The number of rotatable bonds is 1. The number of hydrogen-bond acceptors (Lipinski definition) is 3. The SMILES string of the molecule is Cc1cnc2ccccc2c1NO. The number of hydrogen-bond donors (Lipinski definition) is 2. The van der Waals surface area contributed by atoms with Crippen molar-refractivity contribution in [2.45, 2.75) is 6.92 Å². The van der Waals surface area contributed by atoms with Gasteiger partial charge < -0.3 is 0 Å². The molecule has 0 spiro atoms. The molecule has 0 bridgehead atoms. The summed E-state index contributed by atoms with van der Waals surface area (Å²) in [4.78, 5) is 4.24. The molecule has 0 saturated carbocycles. The van der Waals surface area contributed by atoms with Crippen LogP contribution in [0.4, 0.5) is 5.69 Å². The Morgan fingerprint density at radius 1 is 1.31 bits per heavy atom. The van der Waals surface area contributed by atoms with Crippen molar-refractivity contribution in [3.63, 3.8) is 0 Å².